The average Bonchev–Trinajstić information content (AvgIpc) is 2.53. The van der Waals surface area contributed by atoms with Crippen LogP contribution in [0.5, 0.6) is 0 Å². The van der Waals surface area contributed by atoms with Crippen molar-refractivity contribution >= 4 is 11.6 Å². The first-order valence-electron chi connectivity index (χ1n) is 7.07. The minimum Gasteiger partial charge on any atom is -0.192 e. The van der Waals surface area contributed by atoms with Crippen LogP contribution in [0.3, 0.4) is 0 Å². The Bertz CT molecular complexity index is 625. The minimum absolute atomic E-state index is 0.705. The number of aryl methyl sites for hydroxylation is 2. The van der Waals surface area contributed by atoms with E-state index in [1.807, 2.05) is 18.2 Å². The van der Waals surface area contributed by atoms with Gasteiger partial charge in [-0.1, -0.05) is 62.4 Å². The van der Waals surface area contributed by atoms with Crippen LogP contribution in [0.2, 0.25) is 0 Å². The first-order chi connectivity index (χ1) is 9.76. The van der Waals surface area contributed by atoms with E-state index in [1.165, 1.54) is 11.1 Å². The predicted molar refractivity (Wildman–Crippen MR) is 85.1 cm³/mol. The quantitative estimate of drug-likeness (QED) is 0.568. The van der Waals surface area contributed by atoms with Crippen molar-refractivity contribution in [3.05, 3.63) is 70.8 Å². The van der Waals surface area contributed by atoms with E-state index in [4.69, 9.17) is 0 Å². The Hall–Kier alpha value is -2.33. The zero-order chi connectivity index (χ0) is 14.4. The molecule has 2 aromatic carbocycles. The summed E-state index contributed by atoms with van der Waals surface area (Å²) in [6.45, 7) is 4.27. The minimum atomic E-state index is 0.705. The highest BCUT2D eigenvalue weighted by atomic mass is 14.2. The van der Waals surface area contributed by atoms with Gasteiger partial charge < -0.3 is 0 Å². The van der Waals surface area contributed by atoms with Gasteiger partial charge in [0.2, 0.25) is 0 Å². The summed E-state index contributed by atoms with van der Waals surface area (Å²) < 4.78 is 0. The molecule has 0 aliphatic rings. The van der Waals surface area contributed by atoms with Crippen molar-refractivity contribution in [1.82, 2.24) is 0 Å². The van der Waals surface area contributed by atoms with Crippen molar-refractivity contribution in [2.75, 3.05) is 0 Å². The van der Waals surface area contributed by atoms with Crippen LogP contribution in [0.15, 0.2) is 48.5 Å². The van der Waals surface area contributed by atoms with Crippen LogP contribution in [-0.4, -0.2) is 0 Å². The molecule has 0 unspecified atom stereocenters. The molecule has 100 valence electrons. The van der Waals surface area contributed by atoms with Crippen LogP contribution in [0, 0.1) is 11.3 Å². The molecule has 0 bridgehead atoms. The molecular weight excluding hydrogens is 242 g/mol. The summed E-state index contributed by atoms with van der Waals surface area (Å²) in [6, 6.07) is 18.9. The van der Waals surface area contributed by atoms with E-state index in [2.05, 4.69) is 56.3 Å². The lowest BCUT2D eigenvalue weighted by atomic mass is 10.0. The maximum absolute atomic E-state index is 9.35. The highest BCUT2D eigenvalue weighted by Crippen LogP contribution is 2.19. The van der Waals surface area contributed by atoms with Crippen molar-refractivity contribution < 1.29 is 0 Å². The molecule has 0 aliphatic heterocycles. The van der Waals surface area contributed by atoms with Crippen molar-refractivity contribution in [2.45, 2.75) is 26.7 Å². The fourth-order valence-corrected chi connectivity index (χ4v) is 2.12. The van der Waals surface area contributed by atoms with Gasteiger partial charge >= 0.3 is 0 Å². The van der Waals surface area contributed by atoms with Gasteiger partial charge in [0.1, 0.15) is 0 Å². The summed E-state index contributed by atoms with van der Waals surface area (Å²) in [4.78, 5) is 0. The number of hydrogen-bond acceptors (Lipinski definition) is 1. The van der Waals surface area contributed by atoms with E-state index in [0.717, 1.165) is 24.0 Å². The molecule has 20 heavy (non-hydrogen) atoms. The van der Waals surface area contributed by atoms with E-state index in [0.29, 0.717) is 5.57 Å². The SMILES string of the molecule is CCc1ccc(C=C(C#N)c2ccc(CC)cc2)cc1. The molecule has 0 radical (unpaired) electrons. The first-order valence-corrected chi connectivity index (χ1v) is 7.07. The molecule has 0 heterocycles. The summed E-state index contributed by atoms with van der Waals surface area (Å²) >= 11 is 0. The molecule has 0 saturated heterocycles. The molecule has 0 spiro atoms. The van der Waals surface area contributed by atoms with E-state index in [1.54, 1.807) is 0 Å². The van der Waals surface area contributed by atoms with Crippen LogP contribution in [0.1, 0.15) is 36.1 Å². The fourth-order valence-electron chi connectivity index (χ4n) is 2.12. The van der Waals surface area contributed by atoms with Gasteiger partial charge in [0.15, 0.2) is 0 Å². The van der Waals surface area contributed by atoms with Gasteiger partial charge in [0.05, 0.1) is 11.6 Å². The van der Waals surface area contributed by atoms with E-state index < -0.39 is 0 Å². The van der Waals surface area contributed by atoms with Crippen LogP contribution < -0.4 is 0 Å². The van der Waals surface area contributed by atoms with Gasteiger partial charge in [-0.2, -0.15) is 5.26 Å². The Morgan fingerprint density at radius 3 is 1.85 bits per heavy atom. The van der Waals surface area contributed by atoms with Gasteiger partial charge in [0, 0.05) is 0 Å². The second-order valence-electron chi connectivity index (χ2n) is 4.82. The second-order valence-corrected chi connectivity index (χ2v) is 4.82. The van der Waals surface area contributed by atoms with E-state index in [9.17, 15) is 5.26 Å². The number of nitriles is 1. The molecule has 0 atom stereocenters. The van der Waals surface area contributed by atoms with E-state index in [-0.39, 0.29) is 0 Å². The Morgan fingerprint density at radius 1 is 0.900 bits per heavy atom. The average molecular weight is 261 g/mol. The van der Waals surface area contributed by atoms with Gasteiger partial charge in [0.25, 0.3) is 0 Å². The summed E-state index contributed by atoms with van der Waals surface area (Å²) in [7, 11) is 0. The second kappa shape index (κ2) is 6.73. The standard InChI is InChI=1S/C19H19N/c1-3-15-5-7-17(8-6-15)13-19(14-20)18-11-9-16(4-2)10-12-18/h5-13H,3-4H2,1-2H3. The largest absolute Gasteiger partial charge is 0.192 e. The van der Waals surface area contributed by atoms with Gasteiger partial charge in [-0.15, -0.1) is 0 Å². The lowest BCUT2D eigenvalue weighted by molar-refractivity contribution is 1.14. The predicted octanol–water partition coefficient (Wildman–Crippen LogP) is 4.88. The van der Waals surface area contributed by atoms with Crippen molar-refractivity contribution in [3.8, 4) is 6.07 Å². The Kier molecular flexibility index (Phi) is 4.74. The van der Waals surface area contributed by atoms with Crippen LogP contribution in [-0.2, 0) is 12.8 Å². The summed E-state index contributed by atoms with van der Waals surface area (Å²) in [5, 5.41) is 9.35. The third kappa shape index (κ3) is 3.36. The molecule has 0 aliphatic carbocycles. The molecule has 0 saturated carbocycles. The zero-order valence-electron chi connectivity index (χ0n) is 12.1. The molecule has 1 heteroatoms. The third-order valence-corrected chi connectivity index (χ3v) is 3.49. The number of benzene rings is 2. The van der Waals surface area contributed by atoms with Crippen molar-refractivity contribution in [2.24, 2.45) is 0 Å². The molecule has 0 fully saturated rings. The molecule has 0 aromatic heterocycles. The van der Waals surface area contributed by atoms with Crippen molar-refractivity contribution in [3.63, 3.8) is 0 Å². The Morgan fingerprint density at radius 2 is 1.40 bits per heavy atom. The number of nitrogens with zero attached hydrogens (tertiary/aromatic N) is 1. The number of rotatable bonds is 4. The smallest absolute Gasteiger partial charge is 0.0998 e. The normalized spacial score (nSPS) is 11.2. The number of hydrogen-bond donors (Lipinski definition) is 0. The molecule has 0 N–H and O–H groups in total. The molecule has 2 aromatic rings. The lowest BCUT2D eigenvalue weighted by Crippen LogP contribution is -1.85. The molecular formula is C19H19N. The number of allylic oxidation sites excluding steroid dienone is 1. The molecule has 2 rings (SSSR count). The van der Waals surface area contributed by atoms with Gasteiger partial charge in [-0.05, 0) is 41.2 Å². The summed E-state index contributed by atoms with van der Waals surface area (Å²) in [5.41, 5.74) is 5.35. The summed E-state index contributed by atoms with van der Waals surface area (Å²) in [6.07, 6.45) is 4.00. The summed E-state index contributed by atoms with van der Waals surface area (Å²) in [5.74, 6) is 0. The highest BCUT2D eigenvalue weighted by molar-refractivity contribution is 5.89. The van der Waals surface area contributed by atoms with Crippen LogP contribution >= 0.6 is 0 Å². The highest BCUT2D eigenvalue weighted by Gasteiger charge is 2.01. The maximum atomic E-state index is 9.35. The fraction of sp³-hybridized carbons (Fsp3) is 0.211. The Labute approximate surface area is 121 Å². The zero-order valence-corrected chi connectivity index (χ0v) is 12.1. The van der Waals surface area contributed by atoms with Crippen LogP contribution in [0.4, 0.5) is 0 Å². The maximum Gasteiger partial charge on any atom is 0.0998 e. The monoisotopic (exact) mass is 261 g/mol. The van der Waals surface area contributed by atoms with Gasteiger partial charge in [-0.3, -0.25) is 0 Å². The lowest BCUT2D eigenvalue weighted by Gasteiger charge is -2.02. The Balaban J connectivity index is 2.30. The molecule has 1 nitrogen and oxygen atoms in total. The topological polar surface area (TPSA) is 23.8 Å². The first kappa shape index (κ1) is 14.1. The third-order valence-electron chi connectivity index (χ3n) is 3.49. The van der Waals surface area contributed by atoms with Crippen LogP contribution in [0.25, 0.3) is 11.6 Å². The van der Waals surface area contributed by atoms with Crippen molar-refractivity contribution in [1.29, 1.82) is 5.26 Å². The van der Waals surface area contributed by atoms with E-state index >= 15 is 0 Å². The molecule has 0 amide bonds. The van der Waals surface area contributed by atoms with Gasteiger partial charge in [-0.25, -0.2) is 0 Å².